The number of rotatable bonds is 6. The van der Waals surface area contributed by atoms with Crippen LogP contribution < -0.4 is 10.1 Å². The van der Waals surface area contributed by atoms with Crippen molar-refractivity contribution in [3.8, 4) is 11.8 Å². The van der Waals surface area contributed by atoms with Gasteiger partial charge in [0.25, 0.3) is 5.91 Å². The monoisotopic (exact) mass is 442 g/mol. The third kappa shape index (κ3) is 5.43. The molecule has 0 bridgehead atoms. The minimum Gasteiger partial charge on any atom is -0.488 e. The molecule has 144 valence electrons. The highest BCUT2D eigenvalue weighted by Gasteiger charge is 2.19. The first-order valence-corrected chi connectivity index (χ1v) is 9.94. The van der Waals surface area contributed by atoms with Crippen LogP contribution >= 0.6 is 15.9 Å². The summed E-state index contributed by atoms with van der Waals surface area (Å²) >= 11 is 3.40. The maximum atomic E-state index is 13.3. The van der Waals surface area contributed by atoms with Crippen LogP contribution in [0.2, 0.25) is 0 Å². The molecule has 1 saturated carbocycles. The van der Waals surface area contributed by atoms with E-state index in [1.165, 1.54) is 18.2 Å². The lowest BCUT2D eigenvalue weighted by Crippen LogP contribution is -2.33. The fourth-order valence-corrected chi connectivity index (χ4v) is 3.57. The second kappa shape index (κ2) is 9.52. The molecular weight excluding hydrogens is 423 g/mol. The summed E-state index contributed by atoms with van der Waals surface area (Å²) in [7, 11) is 0. The predicted molar refractivity (Wildman–Crippen MR) is 109 cm³/mol. The molecule has 0 radical (unpaired) electrons. The van der Waals surface area contributed by atoms with E-state index in [1.54, 1.807) is 24.3 Å². The fraction of sp³-hybridized carbons (Fsp3) is 0.273. The number of halogens is 2. The van der Waals surface area contributed by atoms with Crippen molar-refractivity contribution >= 4 is 27.9 Å². The van der Waals surface area contributed by atoms with Crippen LogP contribution in [-0.2, 0) is 11.4 Å². The third-order valence-electron chi connectivity index (χ3n) is 4.61. The van der Waals surface area contributed by atoms with Gasteiger partial charge in [0.1, 0.15) is 29.8 Å². The van der Waals surface area contributed by atoms with Crippen LogP contribution in [0.25, 0.3) is 6.08 Å². The lowest BCUT2D eigenvalue weighted by atomic mass is 10.1. The van der Waals surface area contributed by atoms with Crippen LogP contribution in [0.15, 0.2) is 52.5 Å². The number of hydrogen-bond donors (Lipinski definition) is 1. The van der Waals surface area contributed by atoms with Crippen molar-refractivity contribution in [2.45, 2.75) is 38.3 Å². The van der Waals surface area contributed by atoms with Gasteiger partial charge in [0.05, 0.1) is 0 Å². The van der Waals surface area contributed by atoms with Crippen LogP contribution in [-0.4, -0.2) is 11.9 Å². The van der Waals surface area contributed by atoms with E-state index in [2.05, 4.69) is 21.2 Å². The number of carbonyl (C=O) groups is 1. The molecule has 0 aliphatic heterocycles. The quantitative estimate of drug-likeness (QED) is 0.497. The Hall–Kier alpha value is -2.65. The van der Waals surface area contributed by atoms with Gasteiger partial charge in [0, 0.05) is 16.1 Å². The first kappa shape index (κ1) is 20.1. The maximum absolute atomic E-state index is 13.3. The highest BCUT2D eigenvalue weighted by Crippen LogP contribution is 2.27. The van der Waals surface area contributed by atoms with E-state index in [0.29, 0.717) is 16.9 Å². The van der Waals surface area contributed by atoms with Crippen molar-refractivity contribution in [3.05, 3.63) is 69.5 Å². The van der Waals surface area contributed by atoms with E-state index in [9.17, 15) is 14.4 Å². The smallest absolute Gasteiger partial charge is 0.262 e. The Morgan fingerprint density at radius 3 is 2.79 bits per heavy atom. The predicted octanol–water partition coefficient (Wildman–Crippen LogP) is 5.13. The second-order valence-corrected chi connectivity index (χ2v) is 7.64. The molecule has 1 aliphatic rings. The van der Waals surface area contributed by atoms with E-state index in [1.807, 2.05) is 12.1 Å². The average molecular weight is 443 g/mol. The molecule has 0 saturated heterocycles. The molecule has 4 nitrogen and oxygen atoms in total. The Balaban J connectivity index is 1.79. The van der Waals surface area contributed by atoms with E-state index in [0.717, 1.165) is 30.2 Å². The van der Waals surface area contributed by atoms with Gasteiger partial charge in [-0.2, -0.15) is 5.26 Å². The van der Waals surface area contributed by atoms with Crippen LogP contribution in [0.3, 0.4) is 0 Å². The molecule has 0 aromatic heterocycles. The Morgan fingerprint density at radius 2 is 2.07 bits per heavy atom. The summed E-state index contributed by atoms with van der Waals surface area (Å²) in [6.45, 7) is 0.177. The number of hydrogen-bond acceptors (Lipinski definition) is 3. The molecule has 1 fully saturated rings. The summed E-state index contributed by atoms with van der Waals surface area (Å²) in [4.78, 5) is 12.5. The van der Waals surface area contributed by atoms with Gasteiger partial charge in [0.2, 0.25) is 0 Å². The Labute approximate surface area is 172 Å². The van der Waals surface area contributed by atoms with Gasteiger partial charge in [-0.1, -0.05) is 40.9 Å². The van der Waals surface area contributed by atoms with Crippen LogP contribution in [0.1, 0.15) is 36.8 Å². The summed E-state index contributed by atoms with van der Waals surface area (Å²) in [5, 5.41) is 12.4. The second-order valence-electron chi connectivity index (χ2n) is 6.73. The average Bonchev–Trinajstić information content (AvgIpc) is 3.18. The molecule has 0 unspecified atom stereocenters. The molecular formula is C22H20BrFN2O2. The number of amides is 1. The Morgan fingerprint density at radius 1 is 1.29 bits per heavy atom. The molecule has 0 heterocycles. The SMILES string of the molecule is N#C/C(=C\c1cc(Br)ccc1OCc1cccc(F)c1)C(=O)NC1CCCC1. The minimum atomic E-state index is -0.370. The van der Waals surface area contributed by atoms with Gasteiger partial charge in [-0.3, -0.25) is 4.79 Å². The largest absolute Gasteiger partial charge is 0.488 e. The van der Waals surface area contributed by atoms with Crippen molar-refractivity contribution in [2.24, 2.45) is 0 Å². The number of carbonyl (C=O) groups excluding carboxylic acids is 1. The number of nitrogens with one attached hydrogen (secondary N) is 1. The lowest BCUT2D eigenvalue weighted by molar-refractivity contribution is -0.117. The van der Waals surface area contributed by atoms with Crippen molar-refractivity contribution in [3.63, 3.8) is 0 Å². The van der Waals surface area contributed by atoms with Crippen molar-refractivity contribution in [1.29, 1.82) is 5.26 Å². The van der Waals surface area contributed by atoms with Crippen molar-refractivity contribution in [1.82, 2.24) is 5.32 Å². The number of nitrogens with zero attached hydrogens (tertiary/aromatic N) is 1. The summed E-state index contributed by atoms with van der Waals surface area (Å²) in [6, 6.07) is 13.6. The van der Waals surface area contributed by atoms with Crippen LogP contribution in [0, 0.1) is 17.1 Å². The highest BCUT2D eigenvalue weighted by atomic mass is 79.9. The van der Waals surface area contributed by atoms with Crippen molar-refractivity contribution < 1.29 is 13.9 Å². The number of nitriles is 1. The topological polar surface area (TPSA) is 62.1 Å². The van der Waals surface area contributed by atoms with Gasteiger partial charge >= 0.3 is 0 Å². The zero-order valence-electron chi connectivity index (χ0n) is 15.3. The molecule has 1 amide bonds. The van der Waals surface area contributed by atoms with E-state index in [4.69, 9.17) is 4.74 Å². The van der Waals surface area contributed by atoms with Crippen LogP contribution in [0.4, 0.5) is 4.39 Å². The molecule has 6 heteroatoms. The van der Waals surface area contributed by atoms with Gasteiger partial charge < -0.3 is 10.1 Å². The summed E-state index contributed by atoms with van der Waals surface area (Å²) in [5.41, 5.74) is 1.32. The standard InChI is InChI=1S/C22H20BrFN2O2/c23-18-8-9-21(28-14-15-4-3-5-19(24)10-15)16(12-18)11-17(13-25)22(27)26-20-6-1-2-7-20/h3-5,8-12,20H,1-2,6-7,14H2,(H,26,27)/b17-11+. The zero-order chi connectivity index (χ0) is 19.9. The number of ether oxygens (including phenoxy) is 1. The zero-order valence-corrected chi connectivity index (χ0v) is 16.8. The molecule has 1 N–H and O–H groups in total. The van der Waals surface area contributed by atoms with E-state index in [-0.39, 0.29) is 29.9 Å². The highest BCUT2D eigenvalue weighted by molar-refractivity contribution is 9.10. The maximum Gasteiger partial charge on any atom is 0.262 e. The minimum absolute atomic E-state index is 0.0283. The van der Waals surface area contributed by atoms with Gasteiger partial charge in [-0.15, -0.1) is 0 Å². The Bertz CT molecular complexity index is 930. The van der Waals surface area contributed by atoms with E-state index < -0.39 is 0 Å². The van der Waals surface area contributed by atoms with Gasteiger partial charge in [0.15, 0.2) is 0 Å². The van der Waals surface area contributed by atoms with Gasteiger partial charge in [-0.25, -0.2) is 4.39 Å². The molecule has 2 aromatic carbocycles. The summed E-state index contributed by atoms with van der Waals surface area (Å²) in [5.74, 6) is -0.188. The Kier molecular flexibility index (Phi) is 6.83. The van der Waals surface area contributed by atoms with E-state index >= 15 is 0 Å². The molecule has 3 rings (SSSR count). The lowest BCUT2D eigenvalue weighted by Gasteiger charge is -2.12. The van der Waals surface area contributed by atoms with Crippen LogP contribution in [0.5, 0.6) is 5.75 Å². The molecule has 28 heavy (non-hydrogen) atoms. The third-order valence-corrected chi connectivity index (χ3v) is 5.10. The molecule has 0 spiro atoms. The normalized spacial score (nSPS) is 14.5. The fourth-order valence-electron chi connectivity index (χ4n) is 3.19. The number of benzene rings is 2. The molecule has 0 atom stereocenters. The first-order chi connectivity index (χ1) is 13.5. The van der Waals surface area contributed by atoms with Crippen molar-refractivity contribution in [2.75, 3.05) is 0 Å². The summed E-state index contributed by atoms with van der Waals surface area (Å²) < 4.78 is 20.0. The summed E-state index contributed by atoms with van der Waals surface area (Å²) in [6.07, 6.45) is 5.61. The molecule has 1 aliphatic carbocycles. The first-order valence-electron chi connectivity index (χ1n) is 9.14. The molecule has 2 aromatic rings. The van der Waals surface area contributed by atoms with Gasteiger partial charge in [-0.05, 0) is 54.8 Å².